The maximum absolute atomic E-state index is 13.6. The quantitative estimate of drug-likeness (QED) is 0.210. The van der Waals surface area contributed by atoms with Crippen molar-refractivity contribution < 1.29 is 0 Å². The van der Waals surface area contributed by atoms with E-state index in [4.69, 9.17) is 27.3 Å². The number of fused-ring (bicyclic) bond motifs is 2. The van der Waals surface area contributed by atoms with Gasteiger partial charge < -0.3 is 20.6 Å². The summed E-state index contributed by atoms with van der Waals surface area (Å²) >= 11 is 0. The molecule has 0 amide bonds. The fourth-order valence-corrected chi connectivity index (χ4v) is 4.52. The Hall–Kier alpha value is -4.72. The number of rotatable bonds is 7. The average Bonchev–Trinajstić information content (AvgIpc) is 3.23. The minimum absolute atomic E-state index is 0.0161. The number of nitrogens with zero attached hydrogens (tertiary/aromatic N) is 3. The Morgan fingerprint density at radius 1 is 0.833 bits per heavy atom. The number of aryl methyl sites for hydroxylation is 1. The highest BCUT2D eigenvalue weighted by Crippen LogP contribution is 2.21. The largest absolute Gasteiger partial charge is 0.384 e. The van der Waals surface area contributed by atoms with Crippen molar-refractivity contribution in [1.82, 2.24) is 14.1 Å². The summed E-state index contributed by atoms with van der Waals surface area (Å²) in [6.07, 6.45) is 2.47. The molecule has 0 bridgehead atoms. The van der Waals surface area contributed by atoms with Crippen LogP contribution in [-0.2, 0) is 19.5 Å². The number of amidine groups is 2. The van der Waals surface area contributed by atoms with Gasteiger partial charge in [0.25, 0.3) is 5.56 Å². The molecular weight excluding hydrogens is 450 g/mol. The summed E-state index contributed by atoms with van der Waals surface area (Å²) in [6, 6.07) is 21.1. The number of pyridine rings is 1. The van der Waals surface area contributed by atoms with Gasteiger partial charge in [-0.25, -0.2) is 4.98 Å². The number of benzene rings is 3. The zero-order chi connectivity index (χ0) is 25.4. The van der Waals surface area contributed by atoms with Gasteiger partial charge in [-0.3, -0.25) is 15.6 Å². The van der Waals surface area contributed by atoms with E-state index in [2.05, 4.69) is 12.1 Å². The van der Waals surface area contributed by atoms with Crippen molar-refractivity contribution in [2.45, 2.75) is 26.4 Å². The molecule has 8 nitrogen and oxygen atoms in total. The Kier molecular flexibility index (Phi) is 5.85. The molecule has 0 fully saturated rings. The van der Waals surface area contributed by atoms with E-state index in [-0.39, 0.29) is 17.2 Å². The Morgan fingerprint density at radius 2 is 1.50 bits per heavy atom. The monoisotopic (exact) mass is 477 g/mol. The van der Waals surface area contributed by atoms with Crippen LogP contribution in [0.4, 0.5) is 0 Å². The van der Waals surface area contributed by atoms with E-state index >= 15 is 0 Å². The van der Waals surface area contributed by atoms with Gasteiger partial charge in [0.05, 0.1) is 12.1 Å². The first kappa shape index (κ1) is 23.0. The Labute approximate surface area is 207 Å². The summed E-state index contributed by atoms with van der Waals surface area (Å²) < 4.78 is 3.69. The van der Waals surface area contributed by atoms with Crippen LogP contribution >= 0.6 is 0 Å². The maximum Gasteiger partial charge on any atom is 0.277 e. The summed E-state index contributed by atoms with van der Waals surface area (Å²) in [5, 5.41) is 17.3. The van der Waals surface area contributed by atoms with Crippen molar-refractivity contribution in [1.29, 1.82) is 10.8 Å². The predicted molar refractivity (Wildman–Crippen MR) is 144 cm³/mol. The molecule has 0 aliphatic rings. The topological polar surface area (TPSA) is 140 Å². The van der Waals surface area contributed by atoms with Crippen LogP contribution in [0.25, 0.3) is 21.8 Å². The van der Waals surface area contributed by atoms with Crippen LogP contribution in [0.2, 0.25) is 0 Å². The fourth-order valence-electron chi connectivity index (χ4n) is 4.52. The number of hydrogen-bond acceptors (Lipinski definition) is 4. The Bertz CT molecular complexity index is 1690. The highest BCUT2D eigenvalue weighted by atomic mass is 16.1. The van der Waals surface area contributed by atoms with Crippen molar-refractivity contribution in [2.24, 2.45) is 11.5 Å². The third-order valence-electron chi connectivity index (χ3n) is 6.44. The van der Waals surface area contributed by atoms with Gasteiger partial charge in [0.2, 0.25) is 0 Å². The van der Waals surface area contributed by atoms with Crippen molar-refractivity contribution in [2.75, 3.05) is 0 Å². The number of nitrogens with two attached hydrogens (primary N) is 2. The SMILES string of the molecule is CCc1nc2ccn(Cc3ccc(C(=N)N)cc3)c(=O)c2n1Cc1ccc2ccc(C(=N)N)cc2c1. The number of hydrogen-bond donors (Lipinski definition) is 4. The van der Waals surface area contributed by atoms with Crippen molar-refractivity contribution in [3.8, 4) is 0 Å². The van der Waals surface area contributed by atoms with Crippen LogP contribution in [0.3, 0.4) is 0 Å². The highest BCUT2D eigenvalue weighted by molar-refractivity contribution is 5.99. The van der Waals surface area contributed by atoms with E-state index in [0.29, 0.717) is 41.7 Å². The molecule has 3 aromatic carbocycles. The van der Waals surface area contributed by atoms with Gasteiger partial charge in [0, 0.05) is 30.3 Å². The summed E-state index contributed by atoms with van der Waals surface area (Å²) in [5.41, 5.74) is 15.7. The summed E-state index contributed by atoms with van der Waals surface area (Å²) in [6.45, 7) is 2.95. The first-order valence-corrected chi connectivity index (χ1v) is 11.7. The molecule has 8 heteroatoms. The van der Waals surface area contributed by atoms with E-state index < -0.39 is 0 Å². The third kappa shape index (κ3) is 4.24. The molecule has 180 valence electrons. The minimum Gasteiger partial charge on any atom is -0.384 e. The molecule has 5 rings (SSSR count). The normalized spacial score (nSPS) is 11.2. The van der Waals surface area contributed by atoms with E-state index in [0.717, 1.165) is 27.7 Å². The molecule has 2 aromatic heterocycles. The second kappa shape index (κ2) is 9.14. The molecule has 36 heavy (non-hydrogen) atoms. The first-order chi connectivity index (χ1) is 17.3. The van der Waals surface area contributed by atoms with E-state index in [1.807, 2.05) is 54.0 Å². The lowest BCUT2D eigenvalue weighted by Gasteiger charge is -2.11. The smallest absolute Gasteiger partial charge is 0.277 e. The molecule has 0 saturated heterocycles. The summed E-state index contributed by atoms with van der Waals surface area (Å²) in [5.74, 6) is 0.901. The number of imidazole rings is 1. The van der Waals surface area contributed by atoms with Crippen molar-refractivity contribution in [3.63, 3.8) is 0 Å². The van der Waals surface area contributed by atoms with Gasteiger partial charge in [-0.2, -0.15) is 0 Å². The second-order valence-electron chi connectivity index (χ2n) is 8.87. The second-order valence-corrected chi connectivity index (χ2v) is 8.87. The predicted octanol–water partition coefficient (Wildman–Crippen LogP) is 3.58. The van der Waals surface area contributed by atoms with Crippen LogP contribution in [0.5, 0.6) is 0 Å². The lowest BCUT2D eigenvalue weighted by molar-refractivity contribution is 0.729. The lowest BCUT2D eigenvalue weighted by atomic mass is 10.0. The van der Waals surface area contributed by atoms with Crippen LogP contribution in [0.1, 0.15) is 35.0 Å². The van der Waals surface area contributed by atoms with Gasteiger partial charge in [0.15, 0.2) is 0 Å². The maximum atomic E-state index is 13.6. The van der Waals surface area contributed by atoms with E-state index in [1.165, 1.54) is 0 Å². The number of nitrogen functional groups attached to an aromatic ring is 2. The zero-order valence-electron chi connectivity index (χ0n) is 20.0. The molecule has 0 atom stereocenters. The molecule has 0 spiro atoms. The van der Waals surface area contributed by atoms with Gasteiger partial charge >= 0.3 is 0 Å². The van der Waals surface area contributed by atoms with E-state index in [1.54, 1.807) is 22.9 Å². The fraction of sp³-hybridized carbons (Fsp3) is 0.143. The molecule has 0 aliphatic carbocycles. The Balaban J connectivity index is 1.54. The third-order valence-corrected chi connectivity index (χ3v) is 6.44. The minimum atomic E-state index is -0.102. The Morgan fingerprint density at radius 3 is 2.19 bits per heavy atom. The van der Waals surface area contributed by atoms with Crippen LogP contribution in [0.15, 0.2) is 77.7 Å². The number of aromatic nitrogens is 3. The van der Waals surface area contributed by atoms with Crippen molar-refractivity contribution in [3.05, 3.63) is 111 Å². The van der Waals surface area contributed by atoms with Crippen LogP contribution in [0, 0.1) is 10.8 Å². The molecule has 5 aromatic rings. The van der Waals surface area contributed by atoms with Gasteiger partial charge in [-0.1, -0.05) is 55.5 Å². The molecule has 6 N–H and O–H groups in total. The zero-order valence-corrected chi connectivity index (χ0v) is 20.0. The molecule has 0 unspecified atom stereocenters. The molecule has 0 radical (unpaired) electrons. The van der Waals surface area contributed by atoms with Crippen molar-refractivity contribution >= 4 is 33.5 Å². The molecule has 0 saturated carbocycles. The van der Waals surface area contributed by atoms with Gasteiger partial charge in [-0.15, -0.1) is 0 Å². The van der Waals surface area contributed by atoms with Gasteiger partial charge in [0.1, 0.15) is 23.0 Å². The van der Waals surface area contributed by atoms with E-state index in [9.17, 15) is 4.79 Å². The van der Waals surface area contributed by atoms with Crippen LogP contribution in [-0.4, -0.2) is 25.8 Å². The summed E-state index contributed by atoms with van der Waals surface area (Å²) in [4.78, 5) is 18.3. The lowest BCUT2D eigenvalue weighted by Crippen LogP contribution is -2.22. The number of nitrogens with one attached hydrogen (secondary N) is 2. The highest BCUT2D eigenvalue weighted by Gasteiger charge is 2.15. The standard InChI is InChI=1S/C28H27N7O/c1-2-24-33-23-11-12-34(15-17-3-7-20(8-4-17)26(29)30)28(36)25(23)35(24)16-18-5-6-19-9-10-21(27(31)32)14-22(19)13-18/h3-14H,2,15-16H2,1H3,(H3,29,30)(H3,31,32). The molecule has 0 aliphatic heterocycles. The van der Waals surface area contributed by atoms with Gasteiger partial charge in [-0.05, 0) is 40.1 Å². The summed E-state index contributed by atoms with van der Waals surface area (Å²) in [7, 11) is 0. The van der Waals surface area contributed by atoms with Crippen LogP contribution < -0.4 is 17.0 Å². The average molecular weight is 478 g/mol. The first-order valence-electron chi connectivity index (χ1n) is 11.7. The molecule has 2 heterocycles. The molecular formula is C28H27N7O.